The van der Waals surface area contributed by atoms with Gasteiger partial charge in [-0.05, 0) is 51.0 Å². The average Bonchev–Trinajstić information content (AvgIpc) is 2.81. The van der Waals surface area contributed by atoms with E-state index in [1.54, 1.807) is 0 Å². The molecule has 1 aromatic heterocycles. The van der Waals surface area contributed by atoms with Crippen LogP contribution in [-0.2, 0) is 6.42 Å². The molecule has 166 valence electrons. The van der Waals surface area contributed by atoms with Crippen molar-refractivity contribution in [3.05, 3.63) is 70.9 Å². The van der Waals surface area contributed by atoms with Gasteiger partial charge in [0.1, 0.15) is 5.82 Å². The minimum Gasteiger partial charge on any atom is -0.353 e. The fourth-order valence-corrected chi connectivity index (χ4v) is 3.98. The van der Waals surface area contributed by atoms with Crippen LogP contribution in [0.5, 0.6) is 0 Å². The van der Waals surface area contributed by atoms with E-state index in [0.717, 1.165) is 53.7 Å². The van der Waals surface area contributed by atoms with Gasteiger partial charge < -0.3 is 15.1 Å². The number of urea groups is 1. The first kappa shape index (κ1) is 21.8. The van der Waals surface area contributed by atoms with E-state index >= 15 is 0 Å². The molecule has 1 fully saturated rings. The van der Waals surface area contributed by atoms with E-state index in [1.807, 2.05) is 30.0 Å². The van der Waals surface area contributed by atoms with E-state index in [1.165, 1.54) is 11.1 Å². The number of aromatic nitrogens is 2. The summed E-state index contributed by atoms with van der Waals surface area (Å²) in [7, 11) is 0. The Morgan fingerprint density at radius 3 is 2.34 bits per heavy atom. The summed E-state index contributed by atoms with van der Waals surface area (Å²) >= 11 is 0. The van der Waals surface area contributed by atoms with E-state index in [-0.39, 0.29) is 6.03 Å². The van der Waals surface area contributed by atoms with Crippen molar-refractivity contribution < 1.29 is 4.79 Å². The molecule has 2 heterocycles. The lowest BCUT2D eigenvalue weighted by Gasteiger charge is -2.36. The molecule has 6 heteroatoms. The number of hydrogen-bond donors (Lipinski definition) is 1. The van der Waals surface area contributed by atoms with Gasteiger partial charge in [-0.25, -0.2) is 14.8 Å². The minimum atomic E-state index is -0.0510. The predicted molar refractivity (Wildman–Crippen MR) is 130 cm³/mol. The summed E-state index contributed by atoms with van der Waals surface area (Å²) in [6.45, 7) is 11.1. The highest BCUT2D eigenvalue weighted by atomic mass is 16.2. The second-order valence-electron chi connectivity index (χ2n) is 8.41. The SMILES string of the molecule is CCc1ccc(NC(=O)N2CCN(c3nc(-c4cccc(C)c4)nc(C)c3C)CC2)cc1. The molecule has 3 aromatic rings. The van der Waals surface area contributed by atoms with E-state index < -0.39 is 0 Å². The van der Waals surface area contributed by atoms with Crippen molar-refractivity contribution in [3.8, 4) is 11.4 Å². The molecule has 0 radical (unpaired) electrons. The van der Waals surface area contributed by atoms with Gasteiger partial charge in [0.05, 0.1) is 0 Å². The quantitative estimate of drug-likeness (QED) is 0.635. The maximum atomic E-state index is 12.7. The molecule has 0 spiro atoms. The van der Waals surface area contributed by atoms with Crippen molar-refractivity contribution in [2.75, 3.05) is 36.4 Å². The number of nitrogens with zero attached hydrogens (tertiary/aromatic N) is 4. The van der Waals surface area contributed by atoms with Gasteiger partial charge in [0.2, 0.25) is 0 Å². The van der Waals surface area contributed by atoms with Gasteiger partial charge in [0.15, 0.2) is 5.82 Å². The fraction of sp³-hybridized carbons (Fsp3) is 0.346. The van der Waals surface area contributed by atoms with E-state index in [2.05, 4.69) is 61.3 Å². The number of anilines is 2. The Bertz CT molecular complexity index is 1100. The van der Waals surface area contributed by atoms with Crippen LogP contribution in [0, 0.1) is 20.8 Å². The molecular formula is C26H31N5O. The molecule has 2 amide bonds. The lowest BCUT2D eigenvalue weighted by Crippen LogP contribution is -2.50. The molecule has 1 aliphatic rings. The van der Waals surface area contributed by atoms with Gasteiger partial charge >= 0.3 is 6.03 Å². The van der Waals surface area contributed by atoms with E-state index in [4.69, 9.17) is 9.97 Å². The van der Waals surface area contributed by atoms with Crippen LogP contribution in [0.15, 0.2) is 48.5 Å². The normalized spacial score (nSPS) is 13.9. The van der Waals surface area contributed by atoms with Crippen molar-refractivity contribution >= 4 is 17.5 Å². The van der Waals surface area contributed by atoms with E-state index in [0.29, 0.717) is 13.1 Å². The Balaban J connectivity index is 1.45. The van der Waals surface area contributed by atoms with Crippen molar-refractivity contribution in [1.82, 2.24) is 14.9 Å². The molecule has 0 bridgehead atoms. The number of rotatable bonds is 4. The van der Waals surface area contributed by atoms with Crippen molar-refractivity contribution in [2.24, 2.45) is 0 Å². The smallest absolute Gasteiger partial charge is 0.321 e. The van der Waals surface area contributed by atoms with Crippen LogP contribution in [0.1, 0.15) is 29.3 Å². The topological polar surface area (TPSA) is 61.4 Å². The first-order valence-corrected chi connectivity index (χ1v) is 11.3. The number of amides is 2. The number of aryl methyl sites for hydroxylation is 3. The van der Waals surface area contributed by atoms with Crippen molar-refractivity contribution in [1.29, 1.82) is 0 Å². The summed E-state index contributed by atoms with van der Waals surface area (Å²) < 4.78 is 0. The lowest BCUT2D eigenvalue weighted by molar-refractivity contribution is 0.208. The maximum absolute atomic E-state index is 12.7. The zero-order valence-corrected chi connectivity index (χ0v) is 19.4. The largest absolute Gasteiger partial charge is 0.353 e. The van der Waals surface area contributed by atoms with Crippen LogP contribution in [0.3, 0.4) is 0 Å². The summed E-state index contributed by atoms with van der Waals surface area (Å²) in [5, 5.41) is 3.02. The Morgan fingerprint density at radius 2 is 1.69 bits per heavy atom. The van der Waals surface area contributed by atoms with Gasteiger partial charge in [0, 0.05) is 48.7 Å². The highest BCUT2D eigenvalue weighted by Gasteiger charge is 2.24. The number of carbonyl (C=O) groups excluding carboxylic acids is 1. The second kappa shape index (κ2) is 9.39. The molecule has 0 saturated carbocycles. The predicted octanol–water partition coefficient (Wildman–Crippen LogP) is 4.99. The zero-order chi connectivity index (χ0) is 22.7. The Labute approximate surface area is 190 Å². The van der Waals surface area contributed by atoms with Gasteiger partial charge in [-0.15, -0.1) is 0 Å². The number of benzene rings is 2. The highest BCUT2D eigenvalue weighted by molar-refractivity contribution is 5.89. The first-order valence-electron chi connectivity index (χ1n) is 11.3. The number of piperazine rings is 1. The standard InChI is InChI=1S/C26H31N5O/c1-5-21-9-11-23(12-10-21)28-26(32)31-15-13-30(14-16-31)25-19(3)20(4)27-24(29-25)22-8-6-7-18(2)17-22/h6-12,17H,5,13-16H2,1-4H3,(H,28,32). The van der Waals surface area contributed by atoms with Gasteiger partial charge in [0.25, 0.3) is 0 Å². The summed E-state index contributed by atoms with van der Waals surface area (Å²) in [5.41, 5.74) is 6.39. The van der Waals surface area contributed by atoms with Crippen molar-refractivity contribution in [2.45, 2.75) is 34.1 Å². The Hall–Kier alpha value is -3.41. The third-order valence-corrected chi connectivity index (χ3v) is 6.12. The Kier molecular flexibility index (Phi) is 6.40. The van der Waals surface area contributed by atoms with Crippen LogP contribution in [0.4, 0.5) is 16.3 Å². The highest BCUT2D eigenvalue weighted by Crippen LogP contribution is 2.26. The molecule has 1 aliphatic heterocycles. The first-order chi connectivity index (χ1) is 15.4. The molecule has 0 atom stereocenters. The molecule has 2 aromatic carbocycles. The minimum absolute atomic E-state index is 0.0510. The average molecular weight is 430 g/mol. The second-order valence-corrected chi connectivity index (χ2v) is 8.41. The molecule has 0 aliphatic carbocycles. The number of hydrogen-bond acceptors (Lipinski definition) is 4. The monoisotopic (exact) mass is 429 g/mol. The molecule has 4 rings (SSSR count). The van der Waals surface area contributed by atoms with Crippen LogP contribution in [0.2, 0.25) is 0 Å². The zero-order valence-electron chi connectivity index (χ0n) is 19.4. The number of nitrogens with one attached hydrogen (secondary N) is 1. The van der Waals surface area contributed by atoms with Crippen molar-refractivity contribution in [3.63, 3.8) is 0 Å². The fourth-order valence-electron chi connectivity index (χ4n) is 3.98. The van der Waals surface area contributed by atoms with Gasteiger partial charge in [-0.2, -0.15) is 0 Å². The molecule has 1 saturated heterocycles. The number of carbonyl (C=O) groups is 1. The van der Waals surface area contributed by atoms with Gasteiger partial charge in [-0.3, -0.25) is 0 Å². The molecule has 0 unspecified atom stereocenters. The van der Waals surface area contributed by atoms with Crippen LogP contribution in [-0.4, -0.2) is 47.1 Å². The van der Waals surface area contributed by atoms with E-state index in [9.17, 15) is 4.79 Å². The van der Waals surface area contributed by atoms with Gasteiger partial charge in [-0.1, -0.05) is 42.8 Å². The van der Waals surface area contributed by atoms with Crippen LogP contribution >= 0.6 is 0 Å². The third kappa shape index (κ3) is 4.74. The summed E-state index contributed by atoms with van der Waals surface area (Å²) in [6, 6.07) is 16.3. The maximum Gasteiger partial charge on any atom is 0.321 e. The molecule has 1 N–H and O–H groups in total. The summed E-state index contributed by atoms with van der Waals surface area (Å²) in [4.78, 5) is 26.5. The Morgan fingerprint density at radius 1 is 0.969 bits per heavy atom. The molecule has 32 heavy (non-hydrogen) atoms. The lowest BCUT2D eigenvalue weighted by atomic mass is 10.1. The molecular weight excluding hydrogens is 398 g/mol. The summed E-state index contributed by atoms with van der Waals surface area (Å²) in [5.74, 6) is 1.71. The van der Waals surface area contributed by atoms with Crippen LogP contribution < -0.4 is 10.2 Å². The molecule has 6 nitrogen and oxygen atoms in total. The van der Waals surface area contributed by atoms with Crippen LogP contribution in [0.25, 0.3) is 11.4 Å². The third-order valence-electron chi connectivity index (χ3n) is 6.12. The summed E-state index contributed by atoms with van der Waals surface area (Å²) in [6.07, 6.45) is 0.990.